The van der Waals surface area contributed by atoms with Crippen molar-refractivity contribution in [1.82, 2.24) is 10.6 Å². The molecule has 0 aromatic heterocycles. The van der Waals surface area contributed by atoms with Gasteiger partial charge in [0.05, 0.1) is 6.54 Å². The minimum atomic E-state index is -0.752. The average Bonchev–Trinajstić information content (AvgIpc) is 2.72. The summed E-state index contributed by atoms with van der Waals surface area (Å²) < 4.78 is 0. The summed E-state index contributed by atoms with van der Waals surface area (Å²) in [7, 11) is 0. The quantitative estimate of drug-likeness (QED) is 0.609. The van der Waals surface area contributed by atoms with E-state index in [2.05, 4.69) is 36.7 Å². The van der Waals surface area contributed by atoms with Crippen molar-refractivity contribution in [2.45, 2.75) is 59.9 Å². The van der Waals surface area contributed by atoms with Gasteiger partial charge in [0, 0.05) is 11.3 Å². The van der Waals surface area contributed by atoms with Crippen LogP contribution in [0.1, 0.15) is 61.7 Å². The molecular formula is C26H35N3O3. The molecule has 0 aliphatic carbocycles. The fourth-order valence-electron chi connectivity index (χ4n) is 3.35. The van der Waals surface area contributed by atoms with E-state index in [9.17, 15) is 14.4 Å². The molecule has 0 aliphatic rings. The Bertz CT molecular complexity index is 953. The number of hydrogen-bond acceptors (Lipinski definition) is 3. The zero-order valence-electron chi connectivity index (χ0n) is 20.1. The number of anilines is 1. The minimum absolute atomic E-state index is 0.00718. The van der Waals surface area contributed by atoms with E-state index in [1.54, 1.807) is 12.1 Å². The second-order valence-corrected chi connectivity index (χ2v) is 9.56. The number of aryl methyl sites for hydroxylation is 2. The Morgan fingerprint density at radius 3 is 1.97 bits per heavy atom. The molecular weight excluding hydrogens is 402 g/mol. The average molecular weight is 438 g/mol. The van der Waals surface area contributed by atoms with E-state index in [-0.39, 0.29) is 29.7 Å². The SMILES string of the molecule is Cc1cccc(C)c1NC(=O)CNC(=O)[C@@H](NC(=O)c1ccc(C(C)(C)C)cc1)C(C)C. The Morgan fingerprint density at radius 1 is 0.906 bits per heavy atom. The molecule has 0 saturated heterocycles. The van der Waals surface area contributed by atoms with Gasteiger partial charge in [-0.1, -0.05) is 65.0 Å². The standard InChI is InChI=1S/C26H35N3O3/c1-16(2)22(29-24(31)19-11-13-20(14-12-19)26(5,6)7)25(32)27-15-21(30)28-23-17(3)9-8-10-18(23)4/h8-14,16,22H,15H2,1-7H3,(H,27,32)(H,28,30)(H,29,31)/t22-/m0/s1. The van der Waals surface area contributed by atoms with E-state index in [0.717, 1.165) is 22.4 Å². The molecule has 0 radical (unpaired) electrons. The van der Waals surface area contributed by atoms with Crippen LogP contribution in [0.15, 0.2) is 42.5 Å². The third-order valence-electron chi connectivity index (χ3n) is 5.42. The first kappa shape index (κ1) is 25.1. The van der Waals surface area contributed by atoms with Gasteiger partial charge in [0.2, 0.25) is 11.8 Å². The van der Waals surface area contributed by atoms with Crippen molar-refractivity contribution < 1.29 is 14.4 Å². The molecule has 172 valence electrons. The molecule has 32 heavy (non-hydrogen) atoms. The highest BCUT2D eigenvalue weighted by Gasteiger charge is 2.25. The maximum Gasteiger partial charge on any atom is 0.251 e. The Morgan fingerprint density at radius 2 is 1.47 bits per heavy atom. The van der Waals surface area contributed by atoms with E-state index in [4.69, 9.17) is 0 Å². The van der Waals surface area contributed by atoms with Crippen LogP contribution in [0.3, 0.4) is 0 Å². The van der Waals surface area contributed by atoms with Crippen LogP contribution in [-0.2, 0) is 15.0 Å². The normalized spacial score (nSPS) is 12.2. The number of carbonyl (C=O) groups is 3. The summed E-state index contributed by atoms with van der Waals surface area (Å²) in [5.41, 5.74) is 4.27. The lowest BCUT2D eigenvalue weighted by Gasteiger charge is -2.22. The maximum absolute atomic E-state index is 12.7. The molecule has 0 spiro atoms. The fraction of sp³-hybridized carbons (Fsp3) is 0.423. The van der Waals surface area contributed by atoms with Gasteiger partial charge in [-0.25, -0.2) is 0 Å². The van der Waals surface area contributed by atoms with Crippen LogP contribution in [-0.4, -0.2) is 30.3 Å². The number of benzene rings is 2. The van der Waals surface area contributed by atoms with Gasteiger partial charge in [-0.15, -0.1) is 0 Å². The van der Waals surface area contributed by atoms with E-state index in [1.165, 1.54) is 0 Å². The first-order valence-corrected chi connectivity index (χ1v) is 11.0. The molecule has 0 saturated carbocycles. The predicted molar refractivity (Wildman–Crippen MR) is 129 cm³/mol. The predicted octanol–water partition coefficient (Wildman–Crippen LogP) is 4.11. The van der Waals surface area contributed by atoms with Crippen molar-refractivity contribution in [2.24, 2.45) is 5.92 Å². The largest absolute Gasteiger partial charge is 0.345 e. The Hall–Kier alpha value is -3.15. The van der Waals surface area contributed by atoms with Gasteiger partial charge >= 0.3 is 0 Å². The smallest absolute Gasteiger partial charge is 0.251 e. The molecule has 2 aromatic rings. The Balaban J connectivity index is 1.98. The highest BCUT2D eigenvalue weighted by Crippen LogP contribution is 2.22. The van der Waals surface area contributed by atoms with Crippen molar-refractivity contribution in [3.8, 4) is 0 Å². The summed E-state index contributed by atoms with van der Waals surface area (Å²) in [6.07, 6.45) is 0. The molecule has 0 bridgehead atoms. The topological polar surface area (TPSA) is 87.3 Å². The number of hydrogen-bond donors (Lipinski definition) is 3. The van der Waals surface area contributed by atoms with Crippen LogP contribution < -0.4 is 16.0 Å². The first-order chi connectivity index (χ1) is 14.9. The summed E-state index contributed by atoms with van der Waals surface area (Å²) in [4.78, 5) is 37.8. The third kappa shape index (κ3) is 6.67. The number of rotatable bonds is 7. The van der Waals surface area contributed by atoms with Gasteiger partial charge < -0.3 is 16.0 Å². The lowest BCUT2D eigenvalue weighted by molar-refractivity contribution is -0.126. The summed E-state index contributed by atoms with van der Waals surface area (Å²) in [5, 5.41) is 8.29. The summed E-state index contributed by atoms with van der Waals surface area (Å²) in [6, 6.07) is 12.4. The molecule has 3 amide bonds. The third-order valence-corrected chi connectivity index (χ3v) is 5.42. The monoisotopic (exact) mass is 437 g/mol. The number of para-hydroxylation sites is 1. The highest BCUT2D eigenvalue weighted by molar-refractivity contribution is 5.99. The molecule has 1 atom stereocenters. The van der Waals surface area contributed by atoms with E-state index >= 15 is 0 Å². The van der Waals surface area contributed by atoms with Gasteiger partial charge in [-0.3, -0.25) is 14.4 Å². The van der Waals surface area contributed by atoms with Crippen LogP contribution >= 0.6 is 0 Å². The Kier molecular flexibility index (Phi) is 8.19. The summed E-state index contributed by atoms with van der Waals surface area (Å²) >= 11 is 0. The molecule has 6 nitrogen and oxygen atoms in total. The lowest BCUT2D eigenvalue weighted by Crippen LogP contribution is -2.51. The van der Waals surface area contributed by atoms with Crippen molar-refractivity contribution in [2.75, 3.05) is 11.9 Å². The van der Waals surface area contributed by atoms with Gasteiger partial charge in [0.25, 0.3) is 5.91 Å². The van der Waals surface area contributed by atoms with Crippen LogP contribution in [0, 0.1) is 19.8 Å². The maximum atomic E-state index is 12.7. The summed E-state index contributed by atoms with van der Waals surface area (Å²) in [6.45, 7) is 13.7. The number of amides is 3. The second kappa shape index (κ2) is 10.4. The van der Waals surface area contributed by atoms with E-state index < -0.39 is 11.9 Å². The molecule has 2 rings (SSSR count). The van der Waals surface area contributed by atoms with Gasteiger partial charge in [0.1, 0.15) is 6.04 Å². The van der Waals surface area contributed by atoms with Crippen molar-refractivity contribution in [3.05, 3.63) is 64.7 Å². The van der Waals surface area contributed by atoms with E-state index in [0.29, 0.717) is 5.56 Å². The zero-order chi connectivity index (χ0) is 24.1. The van der Waals surface area contributed by atoms with Gasteiger partial charge in [-0.05, 0) is 54.0 Å². The van der Waals surface area contributed by atoms with Crippen LogP contribution in [0.25, 0.3) is 0 Å². The van der Waals surface area contributed by atoms with Crippen molar-refractivity contribution in [1.29, 1.82) is 0 Å². The fourth-order valence-corrected chi connectivity index (χ4v) is 3.35. The Labute approximate surface area is 191 Å². The molecule has 0 unspecified atom stereocenters. The van der Waals surface area contributed by atoms with E-state index in [1.807, 2.05) is 58.0 Å². The highest BCUT2D eigenvalue weighted by atomic mass is 16.2. The van der Waals surface area contributed by atoms with Gasteiger partial charge in [0.15, 0.2) is 0 Å². The second-order valence-electron chi connectivity index (χ2n) is 9.56. The van der Waals surface area contributed by atoms with Gasteiger partial charge in [-0.2, -0.15) is 0 Å². The van der Waals surface area contributed by atoms with Crippen LogP contribution in [0.4, 0.5) is 5.69 Å². The molecule has 3 N–H and O–H groups in total. The minimum Gasteiger partial charge on any atom is -0.345 e. The van der Waals surface area contributed by atoms with Crippen molar-refractivity contribution in [3.63, 3.8) is 0 Å². The number of nitrogens with one attached hydrogen (secondary N) is 3. The molecule has 0 fully saturated rings. The molecule has 2 aromatic carbocycles. The molecule has 6 heteroatoms. The first-order valence-electron chi connectivity index (χ1n) is 11.0. The zero-order valence-corrected chi connectivity index (χ0v) is 20.1. The molecule has 0 heterocycles. The summed E-state index contributed by atoms with van der Waals surface area (Å²) in [5.74, 6) is -1.17. The molecule has 0 aliphatic heterocycles. The van der Waals surface area contributed by atoms with Crippen LogP contribution in [0.2, 0.25) is 0 Å². The van der Waals surface area contributed by atoms with Crippen LogP contribution in [0.5, 0.6) is 0 Å². The lowest BCUT2D eigenvalue weighted by atomic mass is 9.86. The number of carbonyl (C=O) groups excluding carboxylic acids is 3. The van der Waals surface area contributed by atoms with Crippen molar-refractivity contribution >= 4 is 23.4 Å².